The van der Waals surface area contributed by atoms with Gasteiger partial charge in [-0.15, -0.1) is 0 Å². The lowest BCUT2D eigenvalue weighted by Crippen LogP contribution is -2.43. The number of nitrogens with two attached hydrogens (primary N) is 1. The highest BCUT2D eigenvalue weighted by molar-refractivity contribution is 5.67. The molecule has 1 aliphatic heterocycles. The molecule has 6 nitrogen and oxygen atoms in total. The van der Waals surface area contributed by atoms with Crippen LogP contribution in [0.4, 0.5) is 4.79 Å². The van der Waals surface area contributed by atoms with Gasteiger partial charge in [-0.25, -0.2) is 4.79 Å². The molecular weight excluding hydrogens is 176 g/mol. The largest absolute Gasteiger partial charge is 0.418 e. The predicted molar refractivity (Wildman–Crippen MR) is 43.9 cm³/mol. The Morgan fingerprint density at radius 3 is 2.77 bits per heavy atom. The normalized spacial score (nSPS) is 19.7. The van der Waals surface area contributed by atoms with Gasteiger partial charge in [0.25, 0.3) is 0 Å². The van der Waals surface area contributed by atoms with Gasteiger partial charge in [-0.3, -0.25) is 0 Å². The molecule has 0 aromatic rings. The standard InChI is InChI=1S/C7H14N2O4/c8-5-6(10)13-7(11)9-1-3-12-4-2-9/h6,10H,1-5,8H2. The summed E-state index contributed by atoms with van der Waals surface area (Å²) in [7, 11) is 0. The second kappa shape index (κ2) is 5.00. The second-order valence-corrected chi connectivity index (χ2v) is 2.67. The first kappa shape index (κ1) is 10.2. The zero-order valence-electron chi connectivity index (χ0n) is 7.31. The number of morpholine rings is 1. The molecule has 1 aliphatic rings. The monoisotopic (exact) mass is 190 g/mol. The van der Waals surface area contributed by atoms with Crippen LogP contribution in [0.15, 0.2) is 0 Å². The highest BCUT2D eigenvalue weighted by atomic mass is 16.6. The molecule has 0 radical (unpaired) electrons. The van der Waals surface area contributed by atoms with Crippen molar-refractivity contribution in [3.63, 3.8) is 0 Å². The number of carbonyl (C=O) groups excluding carboxylic acids is 1. The van der Waals surface area contributed by atoms with E-state index >= 15 is 0 Å². The SMILES string of the molecule is NCC(O)OC(=O)N1CCOCC1. The highest BCUT2D eigenvalue weighted by Crippen LogP contribution is 2.00. The van der Waals surface area contributed by atoms with Crippen LogP contribution in [0.25, 0.3) is 0 Å². The number of ether oxygens (including phenoxy) is 2. The van der Waals surface area contributed by atoms with Gasteiger partial charge < -0.3 is 25.2 Å². The first-order chi connectivity index (χ1) is 6.24. The van der Waals surface area contributed by atoms with E-state index in [2.05, 4.69) is 4.74 Å². The van der Waals surface area contributed by atoms with E-state index in [1.807, 2.05) is 0 Å². The van der Waals surface area contributed by atoms with Crippen molar-refractivity contribution in [2.24, 2.45) is 5.73 Å². The Labute approximate surface area is 76.2 Å². The summed E-state index contributed by atoms with van der Waals surface area (Å²) in [5.74, 6) is 0. The van der Waals surface area contributed by atoms with Gasteiger partial charge in [0.05, 0.1) is 19.8 Å². The summed E-state index contributed by atoms with van der Waals surface area (Å²) in [6, 6.07) is 0. The Balaban J connectivity index is 2.29. The maximum absolute atomic E-state index is 11.2. The maximum atomic E-state index is 11.2. The van der Waals surface area contributed by atoms with Crippen LogP contribution >= 0.6 is 0 Å². The lowest BCUT2D eigenvalue weighted by Gasteiger charge is -2.26. The molecule has 13 heavy (non-hydrogen) atoms. The molecule has 0 spiro atoms. The number of hydrogen-bond acceptors (Lipinski definition) is 5. The summed E-state index contributed by atoms with van der Waals surface area (Å²) in [5, 5.41) is 8.93. The van der Waals surface area contributed by atoms with Crippen LogP contribution in [0.5, 0.6) is 0 Å². The quantitative estimate of drug-likeness (QED) is 0.530. The van der Waals surface area contributed by atoms with Crippen molar-refractivity contribution < 1.29 is 19.4 Å². The Bertz CT molecular complexity index is 170. The molecule has 0 aromatic heterocycles. The third kappa shape index (κ3) is 3.17. The molecule has 6 heteroatoms. The van der Waals surface area contributed by atoms with Crippen LogP contribution in [-0.4, -0.2) is 55.2 Å². The summed E-state index contributed by atoms with van der Waals surface area (Å²) < 4.78 is 9.65. The third-order valence-electron chi connectivity index (χ3n) is 1.71. The lowest BCUT2D eigenvalue weighted by molar-refractivity contribution is -0.0657. The maximum Gasteiger partial charge on any atom is 0.412 e. The number of nitrogens with zero attached hydrogens (tertiary/aromatic N) is 1. The van der Waals surface area contributed by atoms with Crippen molar-refractivity contribution in [3.8, 4) is 0 Å². The third-order valence-corrected chi connectivity index (χ3v) is 1.71. The molecule has 0 aromatic carbocycles. The van der Waals surface area contributed by atoms with Gasteiger partial charge in [-0.2, -0.15) is 0 Å². The number of rotatable bonds is 2. The zero-order chi connectivity index (χ0) is 9.68. The average Bonchev–Trinajstić information content (AvgIpc) is 2.19. The predicted octanol–water partition coefficient (Wildman–Crippen LogP) is -1.27. The van der Waals surface area contributed by atoms with Gasteiger partial charge in [-0.05, 0) is 0 Å². The van der Waals surface area contributed by atoms with Crippen molar-refractivity contribution in [2.75, 3.05) is 32.8 Å². The minimum Gasteiger partial charge on any atom is -0.418 e. The molecule has 0 bridgehead atoms. The fourth-order valence-corrected chi connectivity index (χ4v) is 0.985. The van der Waals surface area contributed by atoms with Crippen LogP contribution in [-0.2, 0) is 9.47 Å². The van der Waals surface area contributed by atoms with E-state index < -0.39 is 12.4 Å². The average molecular weight is 190 g/mol. The summed E-state index contributed by atoms with van der Waals surface area (Å²) in [6.07, 6.45) is -1.75. The van der Waals surface area contributed by atoms with Crippen molar-refractivity contribution in [1.82, 2.24) is 4.90 Å². The van der Waals surface area contributed by atoms with Gasteiger partial charge in [-0.1, -0.05) is 0 Å². The smallest absolute Gasteiger partial charge is 0.412 e. The minimum atomic E-state index is -1.21. The van der Waals surface area contributed by atoms with Crippen LogP contribution in [0.3, 0.4) is 0 Å². The molecule has 1 amide bonds. The van der Waals surface area contributed by atoms with Gasteiger partial charge in [0.1, 0.15) is 0 Å². The van der Waals surface area contributed by atoms with Gasteiger partial charge in [0.2, 0.25) is 6.29 Å². The Morgan fingerprint density at radius 1 is 1.62 bits per heavy atom. The topological polar surface area (TPSA) is 85.0 Å². The molecule has 1 saturated heterocycles. The molecule has 1 unspecified atom stereocenters. The molecule has 0 saturated carbocycles. The van der Waals surface area contributed by atoms with Crippen molar-refractivity contribution in [3.05, 3.63) is 0 Å². The molecule has 1 fully saturated rings. The van der Waals surface area contributed by atoms with Crippen LogP contribution in [0.1, 0.15) is 0 Å². The summed E-state index contributed by atoms with van der Waals surface area (Å²) >= 11 is 0. The molecule has 1 rings (SSSR count). The number of amides is 1. The van der Waals surface area contributed by atoms with Gasteiger partial charge in [0.15, 0.2) is 0 Å². The molecule has 0 aliphatic carbocycles. The molecule has 1 heterocycles. The molecule has 3 N–H and O–H groups in total. The molecule has 1 atom stereocenters. The van der Waals surface area contributed by atoms with E-state index in [0.717, 1.165) is 0 Å². The Kier molecular flexibility index (Phi) is 3.94. The van der Waals surface area contributed by atoms with Gasteiger partial charge >= 0.3 is 6.09 Å². The fraction of sp³-hybridized carbons (Fsp3) is 0.857. The number of aliphatic hydroxyl groups is 1. The van der Waals surface area contributed by atoms with Crippen LogP contribution < -0.4 is 5.73 Å². The Morgan fingerprint density at radius 2 is 2.23 bits per heavy atom. The van der Waals surface area contributed by atoms with E-state index in [0.29, 0.717) is 26.3 Å². The van der Waals surface area contributed by atoms with Crippen molar-refractivity contribution >= 4 is 6.09 Å². The summed E-state index contributed by atoms with van der Waals surface area (Å²) in [6.45, 7) is 1.92. The summed E-state index contributed by atoms with van der Waals surface area (Å²) in [4.78, 5) is 12.7. The number of aliphatic hydroxyl groups excluding tert-OH is 1. The molecule has 76 valence electrons. The Hall–Kier alpha value is -0.850. The van der Waals surface area contributed by atoms with E-state index in [4.69, 9.17) is 15.6 Å². The van der Waals surface area contributed by atoms with Crippen molar-refractivity contribution in [1.29, 1.82) is 0 Å². The first-order valence-electron chi connectivity index (χ1n) is 4.15. The van der Waals surface area contributed by atoms with E-state index in [9.17, 15) is 4.79 Å². The minimum absolute atomic E-state index is 0.0872. The number of hydrogen-bond donors (Lipinski definition) is 2. The van der Waals surface area contributed by atoms with E-state index in [-0.39, 0.29) is 6.54 Å². The second-order valence-electron chi connectivity index (χ2n) is 2.67. The molecular formula is C7H14N2O4. The fourth-order valence-electron chi connectivity index (χ4n) is 0.985. The summed E-state index contributed by atoms with van der Waals surface area (Å²) in [5.41, 5.74) is 5.08. The lowest BCUT2D eigenvalue weighted by atomic mass is 10.4. The van der Waals surface area contributed by atoms with Crippen molar-refractivity contribution in [2.45, 2.75) is 6.29 Å². The van der Waals surface area contributed by atoms with E-state index in [1.165, 1.54) is 4.90 Å². The number of carbonyl (C=O) groups is 1. The first-order valence-corrected chi connectivity index (χ1v) is 4.15. The highest BCUT2D eigenvalue weighted by Gasteiger charge is 2.19. The zero-order valence-corrected chi connectivity index (χ0v) is 7.31. The van der Waals surface area contributed by atoms with Crippen LogP contribution in [0.2, 0.25) is 0 Å². The van der Waals surface area contributed by atoms with Gasteiger partial charge in [0, 0.05) is 13.1 Å². The van der Waals surface area contributed by atoms with Crippen LogP contribution in [0, 0.1) is 0 Å². The van der Waals surface area contributed by atoms with E-state index in [1.54, 1.807) is 0 Å².